The van der Waals surface area contributed by atoms with Crippen LogP contribution in [0, 0.1) is 0 Å². The minimum atomic E-state index is 0.0422. The second kappa shape index (κ2) is 10.6. The number of hydrogen-bond acceptors (Lipinski definition) is 8. The molecule has 244 valence electrons. The van der Waals surface area contributed by atoms with Gasteiger partial charge in [0.05, 0.1) is 33.6 Å². The lowest BCUT2D eigenvalue weighted by molar-refractivity contribution is 0.390. The molecule has 3 aliphatic rings. The monoisotopic (exact) mass is 670 g/mol. The summed E-state index contributed by atoms with van der Waals surface area (Å²) < 4.78 is 0. The number of para-hydroxylation sites is 2. The van der Waals surface area contributed by atoms with Gasteiger partial charge in [0, 0.05) is 32.9 Å². The summed E-state index contributed by atoms with van der Waals surface area (Å²) in [5.41, 5.74) is 8.91. The highest BCUT2D eigenvalue weighted by molar-refractivity contribution is 6.24. The first-order chi connectivity index (χ1) is 25.6. The van der Waals surface area contributed by atoms with E-state index >= 15 is 0 Å². The fraction of sp³-hybridized carbons (Fsp3) is 0. The number of aromatic nitrogens is 2. The van der Waals surface area contributed by atoms with Crippen molar-refractivity contribution in [1.29, 1.82) is 0 Å². The maximum absolute atomic E-state index is 11.7. The van der Waals surface area contributed by atoms with E-state index in [0.717, 1.165) is 88.6 Å². The lowest BCUT2D eigenvalue weighted by Crippen LogP contribution is -2.18. The SMILES string of the molecule is OC1=C(c2ccc3c4c(cccc24)N=C(c2ccc4ccccc4n2)N3)C(O)=C1c1ccc2c3c(cccc13)N=C(c1ccc3ccccc3n1)N2. The molecule has 4 N–H and O–H groups in total. The number of aliphatic hydroxyl groups is 2. The maximum atomic E-state index is 11.7. The number of anilines is 2. The van der Waals surface area contributed by atoms with E-state index in [2.05, 4.69) is 10.6 Å². The van der Waals surface area contributed by atoms with E-state index in [0.29, 0.717) is 22.8 Å². The van der Waals surface area contributed by atoms with Crippen molar-refractivity contribution >= 4 is 88.9 Å². The summed E-state index contributed by atoms with van der Waals surface area (Å²) in [6.45, 7) is 0. The van der Waals surface area contributed by atoms with Gasteiger partial charge in [0.15, 0.2) is 11.7 Å². The lowest BCUT2D eigenvalue weighted by Gasteiger charge is -2.28. The molecule has 8 heteroatoms. The van der Waals surface area contributed by atoms with Crippen molar-refractivity contribution in [2.45, 2.75) is 0 Å². The first kappa shape index (κ1) is 28.5. The van der Waals surface area contributed by atoms with Gasteiger partial charge < -0.3 is 20.8 Å². The summed E-state index contributed by atoms with van der Waals surface area (Å²) in [5, 5.41) is 36.0. The molecular formula is C44H26N6O2. The van der Waals surface area contributed by atoms with Gasteiger partial charge in [-0.2, -0.15) is 0 Å². The van der Waals surface area contributed by atoms with Crippen molar-refractivity contribution in [3.05, 3.63) is 167 Å². The van der Waals surface area contributed by atoms with Crippen molar-refractivity contribution in [3.63, 3.8) is 0 Å². The summed E-state index contributed by atoms with van der Waals surface area (Å²) in [4.78, 5) is 19.6. The molecule has 52 heavy (non-hydrogen) atoms. The average Bonchev–Trinajstić information content (AvgIpc) is 3.19. The highest BCUT2D eigenvalue weighted by atomic mass is 16.3. The molecular weight excluding hydrogens is 645 g/mol. The fourth-order valence-corrected chi connectivity index (χ4v) is 7.72. The van der Waals surface area contributed by atoms with Gasteiger partial charge in [0.2, 0.25) is 0 Å². The van der Waals surface area contributed by atoms with Crippen LogP contribution in [-0.4, -0.2) is 31.9 Å². The number of allylic oxidation sites excluding steroid dienone is 2. The summed E-state index contributed by atoms with van der Waals surface area (Å²) in [6.07, 6.45) is 0. The minimum absolute atomic E-state index is 0.0422. The van der Waals surface area contributed by atoms with Crippen molar-refractivity contribution in [1.82, 2.24) is 9.97 Å². The van der Waals surface area contributed by atoms with Gasteiger partial charge in [0.1, 0.15) is 22.9 Å². The Bertz CT molecular complexity index is 2830. The summed E-state index contributed by atoms with van der Waals surface area (Å²) in [5.74, 6) is 1.41. The van der Waals surface area contributed by atoms with Gasteiger partial charge >= 0.3 is 0 Å². The zero-order valence-corrected chi connectivity index (χ0v) is 27.4. The molecule has 0 bridgehead atoms. The molecule has 2 aromatic heterocycles. The lowest BCUT2D eigenvalue weighted by atomic mass is 9.81. The van der Waals surface area contributed by atoms with Crippen LogP contribution in [0.2, 0.25) is 0 Å². The Kier molecular flexibility index (Phi) is 5.81. The van der Waals surface area contributed by atoms with E-state index in [1.54, 1.807) is 0 Å². The Morgan fingerprint density at radius 2 is 0.885 bits per heavy atom. The second-order valence-electron chi connectivity index (χ2n) is 13.1. The highest BCUT2D eigenvalue weighted by Crippen LogP contribution is 2.51. The van der Waals surface area contributed by atoms with E-state index in [-0.39, 0.29) is 11.5 Å². The number of nitrogens with zero attached hydrogens (tertiary/aromatic N) is 4. The number of benzene rings is 6. The number of fused-ring (bicyclic) bond motifs is 2. The third-order valence-electron chi connectivity index (χ3n) is 10.2. The Balaban J connectivity index is 0.969. The van der Waals surface area contributed by atoms with Crippen LogP contribution >= 0.6 is 0 Å². The van der Waals surface area contributed by atoms with Crippen molar-refractivity contribution in [3.8, 4) is 0 Å². The first-order valence-corrected chi connectivity index (χ1v) is 17.0. The molecule has 4 heterocycles. The van der Waals surface area contributed by atoms with E-state index < -0.39 is 0 Å². The van der Waals surface area contributed by atoms with Crippen LogP contribution in [-0.2, 0) is 0 Å². The van der Waals surface area contributed by atoms with Gasteiger partial charge in [-0.3, -0.25) is 0 Å². The van der Waals surface area contributed by atoms with Crippen LogP contribution in [0.4, 0.5) is 22.7 Å². The zero-order valence-electron chi connectivity index (χ0n) is 27.4. The molecule has 2 aliphatic heterocycles. The Labute approximate surface area is 296 Å². The molecule has 0 unspecified atom stereocenters. The minimum Gasteiger partial charge on any atom is -0.506 e. The molecule has 11 rings (SSSR count). The van der Waals surface area contributed by atoms with Crippen LogP contribution in [0.15, 0.2) is 155 Å². The normalized spacial score (nSPS) is 14.7. The van der Waals surface area contributed by atoms with E-state index in [9.17, 15) is 10.2 Å². The number of nitrogens with one attached hydrogen (secondary N) is 2. The van der Waals surface area contributed by atoms with Crippen LogP contribution < -0.4 is 10.6 Å². The molecule has 8 aromatic rings. The largest absolute Gasteiger partial charge is 0.506 e. The van der Waals surface area contributed by atoms with E-state index in [1.165, 1.54) is 0 Å². The number of amidine groups is 2. The van der Waals surface area contributed by atoms with Crippen LogP contribution in [0.5, 0.6) is 0 Å². The maximum Gasteiger partial charge on any atom is 0.157 e. The molecule has 8 nitrogen and oxygen atoms in total. The Morgan fingerprint density at radius 3 is 1.37 bits per heavy atom. The van der Waals surface area contributed by atoms with Gasteiger partial charge in [0.25, 0.3) is 0 Å². The summed E-state index contributed by atoms with van der Waals surface area (Å²) >= 11 is 0. The van der Waals surface area contributed by atoms with Gasteiger partial charge in [-0.1, -0.05) is 84.9 Å². The summed E-state index contributed by atoms with van der Waals surface area (Å²) in [6, 6.07) is 43.7. The van der Waals surface area contributed by atoms with E-state index in [4.69, 9.17) is 20.0 Å². The fourth-order valence-electron chi connectivity index (χ4n) is 7.72. The number of aliphatic imine (C=N–C) groups is 2. The number of pyridine rings is 2. The molecule has 0 saturated carbocycles. The van der Waals surface area contributed by atoms with Crippen LogP contribution in [0.3, 0.4) is 0 Å². The number of rotatable bonds is 4. The topological polar surface area (TPSA) is 115 Å². The third kappa shape index (κ3) is 4.09. The highest BCUT2D eigenvalue weighted by Gasteiger charge is 2.35. The molecule has 0 amide bonds. The van der Waals surface area contributed by atoms with E-state index in [1.807, 2.05) is 133 Å². The van der Waals surface area contributed by atoms with Gasteiger partial charge in [-0.05, 0) is 70.4 Å². The standard InChI is InChI=1S/C44H26N6O2/c51-41-39(27-17-21-33-37-25(27)9-5-13-31(37)47-43(49-33)35-19-15-23-7-1-3-11-29(23)45-35)42(52)40(41)28-18-22-34-38-26(28)10-6-14-32(38)48-44(50-34)36-20-16-24-8-2-4-12-30(24)46-36/h1-22,51-52H,(H,47,49)(H,48,50). The first-order valence-electron chi connectivity index (χ1n) is 17.0. The van der Waals surface area contributed by atoms with Crippen molar-refractivity contribution in [2.24, 2.45) is 9.98 Å². The van der Waals surface area contributed by atoms with Crippen molar-refractivity contribution < 1.29 is 10.2 Å². The molecule has 0 atom stereocenters. The zero-order chi connectivity index (χ0) is 34.5. The third-order valence-corrected chi connectivity index (χ3v) is 10.2. The molecule has 0 radical (unpaired) electrons. The Hall–Kier alpha value is -7.32. The quantitative estimate of drug-likeness (QED) is 0.148. The van der Waals surface area contributed by atoms with Crippen molar-refractivity contribution in [2.75, 3.05) is 10.6 Å². The predicted molar refractivity (Wildman–Crippen MR) is 210 cm³/mol. The molecule has 0 fully saturated rings. The van der Waals surface area contributed by atoms with Gasteiger partial charge in [-0.15, -0.1) is 0 Å². The number of hydrogen-bond donors (Lipinski definition) is 4. The average molecular weight is 671 g/mol. The molecule has 1 aliphatic carbocycles. The molecule has 6 aromatic carbocycles. The smallest absolute Gasteiger partial charge is 0.157 e. The van der Waals surface area contributed by atoms with Crippen LogP contribution in [0.1, 0.15) is 22.5 Å². The van der Waals surface area contributed by atoms with Crippen LogP contribution in [0.25, 0.3) is 54.5 Å². The number of aliphatic hydroxyl groups excluding tert-OH is 2. The van der Waals surface area contributed by atoms with Gasteiger partial charge in [-0.25, -0.2) is 20.0 Å². The molecule has 0 saturated heterocycles. The molecule has 0 spiro atoms. The second-order valence-corrected chi connectivity index (χ2v) is 13.1. The summed E-state index contributed by atoms with van der Waals surface area (Å²) in [7, 11) is 0. The predicted octanol–water partition coefficient (Wildman–Crippen LogP) is 10.3. The Morgan fingerprint density at radius 1 is 0.423 bits per heavy atom.